The first-order chi connectivity index (χ1) is 6.36. The third-order valence-corrected chi connectivity index (χ3v) is 2.89. The highest BCUT2D eigenvalue weighted by atomic mass is 16.7. The Labute approximate surface area is 83.6 Å². The summed E-state index contributed by atoms with van der Waals surface area (Å²) in [4.78, 5) is 23.4. The maximum atomic E-state index is 11.7. The zero-order valence-electron chi connectivity index (χ0n) is 9.05. The minimum atomic E-state index is -1.15. The molecule has 0 aromatic carbocycles. The lowest BCUT2D eigenvalue weighted by Crippen LogP contribution is -2.54. The summed E-state index contributed by atoms with van der Waals surface area (Å²) in [6.07, 6.45) is 0.397. The molecule has 0 atom stereocenters. The molecule has 0 radical (unpaired) electrons. The monoisotopic (exact) mass is 200 g/mol. The van der Waals surface area contributed by atoms with Crippen molar-refractivity contribution in [1.29, 1.82) is 0 Å². The standard InChI is InChI=1S/C10H16O4/c1-5-10(9(2,3)4)7(11)13-6-14-8(10)12/h5-6H2,1-4H3. The summed E-state index contributed by atoms with van der Waals surface area (Å²) in [7, 11) is 0. The predicted molar refractivity (Wildman–Crippen MR) is 49.2 cm³/mol. The van der Waals surface area contributed by atoms with Crippen LogP contribution in [0.3, 0.4) is 0 Å². The molecule has 0 unspecified atom stereocenters. The van der Waals surface area contributed by atoms with Gasteiger partial charge in [-0.15, -0.1) is 0 Å². The minimum Gasteiger partial charge on any atom is -0.427 e. The first-order valence-corrected chi connectivity index (χ1v) is 4.70. The summed E-state index contributed by atoms with van der Waals surface area (Å²) >= 11 is 0. The number of hydrogen-bond donors (Lipinski definition) is 0. The molecule has 1 heterocycles. The predicted octanol–water partition coefficient (Wildman–Crippen LogP) is 1.49. The fourth-order valence-corrected chi connectivity index (χ4v) is 1.90. The SMILES string of the molecule is CCC1(C(C)(C)C)C(=O)OCOC1=O. The third kappa shape index (κ3) is 1.29. The van der Waals surface area contributed by atoms with E-state index < -0.39 is 22.8 Å². The molecule has 0 amide bonds. The molecule has 0 aromatic rings. The van der Waals surface area contributed by atoms with Crippen LogP contribution in [0.4, 0.5) is 0 Å². The van der Waals surface area contributed by atoms with Gasteiger partial charge in [0.1, 0.15) is 0 Å². The second kappa shape index (κ2) is 3.26. The summed E-state index contributed by atoms with van der Waals surface area (Å²) in [5.41, 5.74) is -1.64. The van der Waals surface area contributed by atoms with Gasteiger partial charge in [0.15, 0.2) is 5.41 Å². The Morgan fingerprint density at radius 1 is 1.21 bits per heavy atom. The first kappa shape index (κ1) is 11.0. The average Bonchev–Trinajstić information content (AvgIpc) is 2.02. The van der Waals surface area contributed by atoms with Crippen LogP contribution < -0.4 is 0 Å². The molecule has 0 N–H and O–H groups in total. The van der Waals surface area contributed by atoms with Gasteiger partial charge in [0.05, 0.1) is 0 Å². The molecular weight excluding hydrogens is 184 g/mol. The summed E-state index contributed by atoms with van der Waals surface area (Å²) in [6, 6.07) is 0. The molecule has 0 spiro atoms. The van der Waals surface area contributed by atoms with Gasteiger partial charge in [0.2, 0.25) is 6.79 Å². The van der Waals surface area contributed by atoms with Gasteiger partial charge in [0, 0.05) is 0 Å². The van der Waals surface area contributed by atoms with Crippen molar-refractivity contribution in [3.05, 3.63) is 0 Å². The van der Waals surface area contributed by atoms with Gasteiger partial charge < -0.3 is 9.47 Å². The number of ether oxygens (including phenoxy) is 2. The molecule has 0 saturated carbocycles. The van der Waals surface area contributed by atoms with Crippen LogP contribution in [0.15, 0.2) is 0 Å². The molecule has 1 saturated heterocycles. The average molecular weight is 200 g/mol. The van der Waals surface area contributed by atoms with E-state index in [0.29, 0.717) is 6.42 Å². The van der Waals surface area contributed by atoms with Crippen molar-refractivity contribution >= 4 is 11.9 Å². The van der Waals surface area contributed by atoms with Crippen LogP contribution in [-0.4, -0.2) is 18.7 Å². The van der Waals surface area contributed by atoms with E-state index in [1.54, 1.807) is 6.92 Å². The topological polar surface area (TPSA) is 52.6 Å². The number of rotatable bonds is 1. The highest BCUT2D eigenvalue weighted by Crippen LogP contribution is 2.45. The summed E-state index contributed by atoms with van der Waals surface area (Å²) in [5.74, 6) is -0.937. The van der Waals surface area contributed by atoms with Crippen molar-refractivity contribution in [2.45, 2.75) is 34.1 Å². The minimum absolute atomic E-state index is 0.254. The number of esters is 2. The Kier molecular flexibility index (Phi) is 2.56. The number of cyclic esters (lactones) is 2. The normalized spacial score (nSPS) is 21.4. The molecule has 1 rings (SSSR count). The van der Waals surface area contributed by atoms with Crippen molar-refractivity contribution in [3.8, 4) is 0 Å². The largest absolute Gasteiger partial charge is 0.427 e. The number of carbonyl (C=O) groups is 2. The van der Waals surface area contributed by atoms with Crippen LogP contribution in [0, 0.1) is 10.8 Å². The van der Waals surface area contributed by atoms with Crippen molar-refractivity contribution in [2.24, 2.45) is 10.8 Å². The van der Waals surface area contributed by atoms with Crippen LogP contribution in [0.25, 0.3) is 0 Å². The van der Waals surface area contributed by atoms with Gasteiger partial charge in [-0.1, -0.05) is 27.7 Å². The van der Waals surface area contributed by atoms with Gasteiger partial charge in [-0.25, -0.2) is 0 Å². The molecule has 0 aliphatic carbocycles. The van der Waals surface area contributed by atoms with Gasteiger partial charge in [-0.2, -0.15) is 0 Å². The van der Waals surface area contributed by atoms with E-state index in [2.05, 4.69) is 0 Å². The Balaban J connectivity index is 3.18. The molecular formula is C10H16O4. The van der Waals surface area contributed by atoms with Crippen LogP contribution in [0.1, 0.15) is 34.1 Å². The lowest BCUT2D eigenvalue weighted by atomic mass is 9.64. The summed E-state index contributed by atoms with van der Waals surface area (Å²) in [5, 5.41) is 0. The third-order valence-electron chi connectivity index (χ3n) is 2.89. The first-order valence-electron chi connectivity index (χ1n) is 4.70. The van der Waals surface area contributed by atoms with Crippen molar-refractivity contribution in [1.82, 2.24) is 0 Å². The smallest absolute Gasteiger partial charge is 0.326 e. The van der Waals surface area contributed by atoms with E-state index in [1.807, 2.05) is 20.8 Å². The molecule has 0 bridgehead atoms. The summed E-state index contributed by atoms with van der Waals surface area (Å²) < 4.78 is 9.60. The van der Waals surface area contributed by atoms with Crippen LogP contribution in [0.2, 0.25) is 0 Å². The second-order valence-corrected chi connectivity index (χ2v) is 4.49. The zero-order chi connectivity index (χ0) is 11.0. The molecule has 1 aliphatic rings. The molecule has 14 heavy (non-hydrogen) atoms. The van der Waals surface area contributed by atoms with Gasteiger partial charge in [0.25, 0.3) is 0 Å². The maximum Gasteiger partial charge on any atom is 0.326 e. The van der Waals surface area contributed by atoms with E-state index >= 15 is 0 Å². The Morgan fingerprint density at radius 2 is 1.64 bits per heavy atom. The molecule has 80 valence electrons. The van der Waals surface area contributed by atoms with E-state index in [1.165, 1.54) is 0 Å². The van der Waals surface area contributed by atoms with Crippen LogP contribution in [-0.2, 0) is 19.1 Å². The van der Waals surface area contributed by atoms with E-state index in [9.17, 15) is 9.59 Å². The van der Waals surface area contributed by atoms with Crippen LogP contribution >= 0.6 is 0 Å². The van der Waals surface area contributed by atoms with Gasteiger partial charge in [-0.3, -0.25) is 9.59 Å². The van der Waals surface area contributed by atoms with Gasteiger partial charge >= 0.3 is 11.9 Å². The number of carbonyl (C=O) groups excluding carboxylic acids is 2. The van der Waals surface area contributed by atoms with E-state index in [4.69, 9.17) is 9.47 Å². The molecule has 1 aliphatic heterocycles. The van der Waals surface area contributed by atoms with Crippen molar-refractivity contribution < 1.29 is 19.1 Å². The van der Waals surface area contributed by atoms with Crippen molar-refractivity contribution in [2.75, 3.05) is 6.79 Å². The Bertz CT molecular complexity index is 246. The molecule has 4 heteroatoms. The van der Waals surface area contributed by atoms with E-state index in [-0.39, 0.29) is 6.79 Å². The molecule has 4 nitrogen and oxygen atoms in total. The highest BCUT2D eigenvalue weighted by Gasteiger charge is 2.58. The Hall–Kier alpha value is -1.06. The zero-order valence-corrected chi connectivity index (χ0v) is 9.05. The van der Waals surface area contributed by atoms with Crippen molar-refractivity contribution in [3.63, 3.8) is 0 Å². The molecule has 0 aromatic heterocycles. The molecule has 1 fully saturated rings. The summed E-state index contributed by atoms with van der Waals surface area (Å²) in [6.45, 7) is 7.05. The Morgan fingerprint density at radius 3 is 1.86 bits per heavy atom. The number of hydrogen-bond acceptors (Lipinski definition) is 4. The maximum absolute atomic E-state index is 11.7. The second-order valence-electron chi connectivity index (χ2n) is 4.49. The van der Waals surface area contributed by atoms with E-state index in [0.717, 1.165) is 0 Å². The quantitative estimate of drug-likeness (QED) is 0.475. The van der Waals surface area contributed by atoms with Crippen LogP contribution in [0.5, 0.6) is 0 Å². The fraction of sp³-hybridized carbons (Fsp3) is 0.800. The highest BCUT2D eigenvalue weighted by molar-refractivity contribution is 6.02. The lowest BCUT2D eigenvalue weighted by Gasteiger charge is -2.41. The fourth-order valence-electron chi connectivity index (χ4n) is 1.90. The van der Waals surface area contributed by atoms with Gasteiger partial charge in [-0.05, 0) is 11.8 Å². The lowest BCUT2D eigenvalue weighted by molar-refractivity contribution is -0.211.